The molecule has 0 N–H and O–H groups in total. The molecule has 0 bridgehead atoms. The van der Waals surface area contributed by atoms with Crippen molar-refractivity contribution in [2.75, 3.05) is 0 Å². The summed E-state index contributed by atoms with van der Waals surface area (Å²) in [4.78, 5) is 21.2. The third-order valence-electron chi connectivity index (χ3n) is 3.83. The van der Waals surface area contributed by atoms with Crippen LogP contribution >= 0.6 is 0 Å². The Labute approximate surface area is 104 Å². The van der Waals surface area contributed by atoms with E-state index in [1.807, 2.05) is 6.08 Å². The molecule has 2 nitrogen and oxygen atoms in total. The van der Waals surface area contributed by atoms with Crippen molar-refractivity contribution >= 4 is 12.6 Å². The molecular formula is C15H22O2. The summed E-state index contributed by atoms with van der Waals surface area (Å²) in [5.74, 6) is 0.484. The maximum Gasteiger partial charge on any atom is 0.146 e. The normalized spacial score (nSPS) is 24.1. The number of carbonyl (C=O) groups is 2. The molecule has 2 heteroatoms. The highest BCUT2D eigenvalue weighted by molar-refractivity contribution is 5.78. The second kappa shape index (κ2) is 5.95. The summed E-state index contributed by atoms with van der Waals surface area (Å²) < 4.78 is 0. The van der Waals surface area contributed by atoms with Crippen LogP contribution in [0.15, 0.2) is 23.3 Å². The highest BCUT2D eigenvalue weighted by atomic mass is 16.1. The summed E-state index contributed by atoms with van der Waals surface area (Å²) in [6.45, 7) is 6.73. The Morgan fingerprint density at radius 1 is 1.47 bits per heavy atom. The van der Waals surface area contributed by atoms with Gasteiger partial charge in [0.2, 0.25) is 0 Å². The van der Waals surface area contributed by atoms with Crippen LogP contribution in [0.1, 0.15) is 46.5 Å². The van der Waals surface area contributed by atoms with Crippen molar-refractivity contribution in [2.24, 2.45) is 11.3 Å². The van der Waals surface area contributed by atoms with Crippen LogP contribution in [0.2, 0.25) is 0 Å². The smallest absolute Gasteiger partial charge is 0.146 e. The van der Waals surface area contributed by atoms with Crippen LogP contribution < -0.4 is 0 Å². The van der Waals surface area contributed by atoms with Crippen molar-refractivity contribution < 1.29 is 9.59 Å². The van der Waals surface area contributed by atoms with Gasteiger partial charge in [-0.25, -0.2) is 0 Å². The van der Waals surface area contributed by atoms with E-state index < -0.39 is 0 Å². The van der Waals surface area contributed by atoms with Gasteiger partial charge >= 0.3 is 0 Å². The molecule has 0 spiro atoms. The molecule has 17 heavy (non-hydrogen) atoms. The first-order chi connectivity index (χ1) is 8.01. The highest BCUT2D eigenvalue weighted by Crippen LogP contribution is 2.42. The highest BCUT2D eigenvalue weighted by Gasteiger charge is 2.31. The quantitative estimate of drug-likeness (QED) is 0.414. The number of aldehydes is 2. The molecule has 0 fully saturated rings. The van der Waals surface area contributed by atoms with Crippen molar-refractivity contribution in [2.45, 2.75) is 46.5 Å². The maximum absolute atomic E-state index is 10.8. The van der Waals surface area contributed by atoms with Crippen molar-refractivity contribution in [3.8, 4) is 0 Å². The number of hydrogen-bond donors (Lipinski definition) is 0. The molecule has 94 valence electrons. The van der Waals surface area contributed by atoms with E-state index in [9.17, 15) is 9.59 Å². The Hall–Kier alpha value is -1.18. The van der Waals surface area contributed by atoms with Gasteiger partial charge < -0.3 is 4.79 Å². The minimum Gasteiger partial charge on any atom is -0.303 e. The van der Waals surface area contributed by atoms with E-state index >= 15 is 0 Å². The predicted octanol–water partition coefficient (Wildman–Crippen LogP) is 3.47. The van der Waals surface area contributed by atoms with Crippen LogP contribution in [0.25, 0.3) is 0 Å². The molecule has 1 aliphatic rings. The van der Waals surface area contributed by atoms with Gasteiger partial charge in [0.15, 0.2) is 0 Å². The van der Waals surface area contributed by atoms with E-state index in [4.69, 9.17) is 0 Å². The average molecular weight is 234 g/mol. The van der Waals surface area contributed by atoms with Crippen LogP contribution in [0.3, 0.4) is 0 Å². The topological polar surface area (TPSA) is 34.1 Å². The van der Waals surface area contributed by atoms with Gasteiger partial charge in [0.05, 0.1) is 0 Å². The molecular weight excluding hydrogens is 212 g/mol. The summed E-state index contributed by atoms with van der Waals surface area (Å²) in [6, 6.07) is 0. The van der Waals surface area contributed by atoms with Crippen molar-refractivity contribution in [3.63, 3.8) is 0 Å². The Kier molecular flexibility index (Phi) is 4.86. The second-order valence-electron chi connectivity index (χ2n) is 5.53. The van der Waals surface area contributed by atoms with Crippen LogP contribution in [0, 0.1) is 11.3 Å². The molecule has 1 aliphatic carbocycles. The minimum absolute atomic E-state index is 0.236. The van der Waals surface area contributed by atoms with E-state index in [2.05, 4.69) is 26.8 Å². The van der Waals surface area contributed by atoms with E-state index in [1.54, 1.807) is 0 Å². The Morgan fingerprint density at radius 3 is 2.71 bits per heavy atom. The van der Waals surface area contributed by atoms with Gasteiger partial charge in [-0.2, -0.15) is 0 Å². The van der Waals surface area contributed by atoms with Gasteiger partial charge in [-0.05, 0) is 43.1 Å². The largest absolute Gasteiger partial charge is 0.303 e. The van der Waals surface area contributed by atoms with Crippen LogP contribution in [-0.2, 0) is 9.59 Å². The third kappa shape index (κ3) is 3.65. The lowest BCUT2D eigenvalue weighted by molar-refractivity contribution is -0.109. The minimum atomic E-state index is 0.236. The van der Waals surface area contributed by atoms with E-state index in [-0.39, 0.29) is 11.8 Å². The van der Waals surface area contributed by atoms with Crippen LogP contribution in [0.4, 0.5) is 0 Å². The summed E-state index contributed by atoms with van der Waals surface area (Å²) >= 11 is 0. The zero-order valence-corrected chi connectivity index (χ0v) is 11.0. The summed E-state index contributed by atoms with van der Waals surface area (Å²) in [7, 11) is 0. The fourth-order valence-electron chi connectivity index (χ4n) is 2.65. The van der Waals surface area contributed by atoms with Crippen LogP contribution in [-0.4, -0.2) is 12.6 Å². The van der Waals surface area contributed by atoms with E-state index in [0.29, 0.717) is 11.5 Å². The molecule has 0 saturated carbocycles. The first-order valence-electron chi connectivity index (χ1n) is 6.25. The maximum atomic E-state index is 10.8. The average Bonchev–Trinajstić information content (AvgIpc) is 2.26. The van der Waals surface area contributed by atoms with Gasteiger partial charge in [-0.3, -0.25) is 4.79 Å². The number of carbonyl (C=O) groups excluding carboxylic acids is 2. The van der Waals surface area contributed by atoms with Crippen LogP contribution in [0.5, 0.6) is 0 Å². The molecule has 0 aromatic rings. The second-order valence-corrected chi connectivity index (χ2v) is 5.53. The molecule has 0 aromatic carbocycles. The molecule has 0 unspecified atom stereocenters. The zero-order valence-electron chi connectivity index (χ0n) is 11.0. The van der Waals surface area contributed by atoms with Crippen molar-refractivity contribution in [3.05, 3.63) is 23.3 Å². The predicted molar refractivity (Wildman–Crippen MR) is 69.7 cm³/mol. The fourth-order valence-corrected chi connectivity index (χ4v) is 2.65. The molecule has 0 amide bonds. The lowest BCUT2D eigenvalue weighted by Crippen LogP contribution is -2.27. The van der Waals surface area contributed by atoms with Gasteiger partial charge in [0, 0.05) is 6.42 Å². The van der Waals surface area contributed by atoms with Crippen molar-refractivity contribution in [1.82, 2.24) is 0 Å². The molecule has 1 atom stereocenters. The molecule has 1 rings (SSSR count). The van der Waals surface area contributed by atoms with Gasteiger partial charge in [0.1, 0.15) is 12.6 Å². The molecule has 0 aromatic heterocycles. The summed E-state index contributed by atoms with van der Waals surface area (Å²) in [5.41, 5.74) is 2.30. The third-order valence-corrected chi connectivity index (χ3v) is 3.83. The van der Waals surface area contributed by atoms with E-state index in [1.165, 1.54) is 12.0 Å². The number of hydrogen-bond acceptors (Lipinski definition) is 2. The first-order valence-corrected chi connectivity index (χ1v) is 6.25. The van der Waals surface area contributed by atoms with Gasteiger partial charge in [-0.1, -0.05) is 31.6 Å². The lowest BCUT2D eigenvalue weighted by atomic mass is 9.67. The molecule has 0 radical (unpaired) electrons. The van der Waals surface area contributed by atoms with Gasteiger partial charge in [0.25, 0.3) is 0 Å². The lowest BCUT2D eigenvalue weighted by Gasteiger charge is -2.38. The Morgan fingerprint density at radius 2 is 2.18 bits per heavy atom. The SMILES string of the molecule is CC1=CCCC(C)(C)[C@@H]1C/C=C(/C=O)CC=O. The van der Waals surface area contributed by atoms with E-state index in [0.717, 1.165) is 25.4 Å². The molecule has 0 aliphatic heterocycles. The van der Waals surface area contributed by atoms with Gasteiger partial charge in [-0.15, -0.1) is 0 Å². The fraction of sp³-hybridized carbons (Fsp3) is 0.600. The first kappa shape index (κ1) is 13.9. The number of rotatable bonds is 5. The number of allylic oxidation sites excluding steroid dienone is 4. The zero-order chi connectivity index (χ0) is 12.9. The molecule has 0 heterocycles. The monoisotopic (exact) mass is 234 g/mol. The standard InChI is InChI=1S/C15H22O2/c1-12-5-4-9-15(2,3)14(12)7-6-13(11-17)8-10-16/h5-6,10-11,14H,4,7-9H2,1-3H3/b13-6+/t14-/m1/s1. The molecule has 0 saturated heterocycles. The Balaban J connectivity index is 2.78. The Bertz CT molecular complexity index is 348. The summed E-state index contributed by atoms with van der Waals surface area (Å²) in [6.07, 6.45) is 9.23. The van der Waals surface area contributed by atoms with Crippen molar-refractivity contribution in [1.29, 1.82) is 0 Å². The summed E-state index contributed by atoms with van der Waals surface area (Å²) in [5, 5.41) is 0.